The Labute approximate surface area is 169 Å². The monoisotopic (exact) mass is 447 g/mol. The average molecular weight is 447 g/mol. The topological polar surface area (TPSA) is 88.6 Å². The molecule has 1 saturated heterocycles. The zero-order valence-corrected chi connectivity index (χ0v) is 16.2. The third kappa shape index (κ3) is 4.99. The number of aromatic nitrogens is 1. The van der Waals surface area contributed by atoms with Crippen LogP contribution in [0.2, 0.25) is 0 Å². The van der Waals surface area contributed by atoms with Crippen molar-refractivity contribution in [2.45, 2.75) is 24.4 Å². The third-order valence-electron chi connectivity index (χ3n) is 4.45. The number of nitrogens with one attached hydrogen (secondary N) is 1. The van der Waals surface area contributed by atoms with Crippen LogP contribution in [-0.2, 0) is 10.1 Å². The van der Waals surface area contributed by atoms with Crippen LogP contribution in [-0.4, -0.2) is 48.8 Å². The van der Waals surface area contributed by atoms with Crippen molar-refractivity contribution in [3.05, 3.63) is 54.1 Å². The fourth-order valence-electron chi connectivity index (χ4n) is 2.94. The van der Waals surface area contributed by atoms with E-state index in [1.807, 2.05) is 0 Å². The number of alkyl halides is 3. The summed E-state index contributed by atoms with van der Waals surface area (Å²) in [6, 6.07) is 7.92. The predicted octanol–water partition coefficient (Wildman–Crippen LogP) is 3.17. The number of hydrogen-bond acceptors (Lipinski definition) is 6. The van der Waals surface area contributed by atoms with E-state index >= 15 is 0 Å². The van der Waals surface area contributed by atoms with Crippen molar-refractivity contribution in [3.8, 4) is 5.75 Å². The summed E-state index contributed by atoms with van der Waals surface area (Å²) in [7, 11) is -5.93. The summed E-state index contributed by atoms with van der Waals surface area (Å²) < 4.78 is 77.4. The largest absolute Gasteiger partial charge is 0.534 e. The summed E-state index contributed by atoms with van der Waals surface area (Å²) >= 11 is 0. The molecule has 2 aromatic rings. The molecule has 1 aromatic carbocycles. The van der Waals surface area contributed by atoms with Gasteiger partial charge in [-0.2, -0.15) is 21.6 Å². The number of benzene rings is 1. The van der Waals surface area contributed by atoms with Gasteiger partial charge in [-0.1, -0.05) is 0 Å². The van der Waals surface area contributed by atoms with Gasteiger partial charge < -0.3 is 14.4 Å². The van der Waals surface area contributed by atoms with Crippen LogP contribution >= 0.6 is 0 Å². The molecule has 1 N–H and O–H groups in total. The van der Waals surface area contributed by atoms with Crippen molar-refractivity contribution in [2.24, 2.45) is 0 Å². The second-order valence-electron chi connectivity index (χ2n) is 6.55. The Morgan fingerprint density at radius 1 is 1.13 bits per heavy atom. The molecule has 1 amide bonds. The minimum atomic E-state index is -5.93. The van der Waals surface area contributed by atoms with Crippen molar-refractivity contribution in [3.63, 3.8) is 0 Å². The Morgan fingerprint density at radius 2 is 1.77 bits per heavy atom. The van der Waals surface area contributed by atoms with Crippen molar-refractivity contribution < 1.29 is 35.0 Å². The lowest BCUT2D eigenvalue weighted by molar-refractivity contribution is -0.0500. The lowest BCUT2D eigenvalue weighted by Gasteiger charge is -2.33. The van der Waals surface area contributed by atoms with Crippen molar-refractivity contribution in [2.75, 3.05) is 18.4 Å². The van der Waals surface area contributed by atoms with E-state index in [1.165, 1.54) is 17.0 Å². The van der Waals surface area contributed by atoms with Gasteiger partial charge in [0, 0.05) is 31.0 Å². The minimum absolute atomic E-state index is 0.00423. The lowest BCUT2D eigenvalue weighted by Crippen LogP contribution is -2.43. The molecule has 0 radical (unpaired) electrons. The molecule has 1 aliphatic rings. The van der Waals surface area contributed by atoms with Crippen LogP contribution in [0.4, 0.5) is 23.2 Å². The molecule has 3 rings (SSSR count). The molecule has 0 atom stereocenters. The number of carbonyl (C=O) groups is 1. The Balaban J connectivity index is 1.66. The van der Waals surface area contributed by atoms with E-state index in [0.717, 1.165) is 24.0 Å². The van der Waals surface area contributed by atoms with Crippen LogP contribution in [0, 0.1) is 5.82 Å². The quantitative estimate of drug-likeness (QED) is 0.430. The number of amides is 1. The minimum Gasteiger partial charge on any atom is -0.382 e. The fourth-order valence-corrected chi connectivity index (χ4v) is 3.41. The molecule has 1 aliphatic heterocycles. The fraction of sp³-hybridized carbons (Fsp3) is 0.333. The summed E-state index contributed by atoms with van der Waals surface area (Å²) in [6.07, 6.45) is 2.20. The van der Waals surface area contributed by atoms with Crippen LogP contribution in [0.25, 0.3) is 0 Å². The van der Waals surface area contributed by atoms with Gasteiger partial charge in [0.25, 0.3) is 5.91 Å². The maximum Gasteiger partial charge on any atom is 0.534 e. The highest BCUT2D eigenvalue weighted by molar-refractivity contribution is 7.88. The van der Waals surface area contributed by atoms with Crippen LogP contribution in [0.5, 0.6) is 5.75 Å². The van der Waals surface area contributed by atoms with E-state index in [0.29, 0.717) is 12.8 Å². The summed E-state index contributed by atoms with van der Waals surface area (Å²) in [6.45, 7) is 0.527. The molecule has 7 nitrogen and oxygen atoms in total. The molecular weight excluding hydrogens is 430 g/mol. The number of carbonyl (C=O) groups excluding carboxylic acids is 1. The van der Waals surface area contributed by atoms with Crippen LogP contribution in [0.15, 0.2) is 42.6 Å². The SMILES string of the molecule is O=C(c1ncccc1OS(=O)(=O)C(F)(F)F)N1CCC(Nc2ccc(F)cc2)CC1. The first kappa shape index (κ1) is 21.8. The first-order chi connectivity index (χ1) is 14.1. The molecule has 0 aliphatic carbocycles. The standard InChI is InChI=1S/C18H17F4N3O4S/c19-12-3-5-13(6-4-12)24-14-7-10-25(11-8-14)17(26)16-15(2-1-9-23-16)29-30(27,28)18(20,21)22/h1-6,9,14,24H,7-8,10-11H2. The molecule has 12 heteroatoms. The van der Waals surface area contributed by atoms with Gasteiger partial charge in [-0.25, -0.2) is 9.37 Å². The first-order valence-electron chi connectivity index (χ1n) is 8.84. The third-order valence-corrected chi connectivity index (χ3v) is 5.42. The van der Waals surface area contributed by atoms with Crippen molar-refractivity contribution >= 4 is 21.7 Å². The molecule has 0 spiro atoms. The summed E-state index contributed by atoms with van der Waals surface area (Å²) in [5.41, 5.74) is -5.43. The molecule has 0 unspecified atom stereocenters. The van der Waals surface area contributed by atoms with Crippen LogP contribution in [0.1, 0.15) is 23.3 Å². The second kappa shape index (κ2) is 8.46. The highest BCUT2D eigenvalue weighted by atomic mass is 32.2. The number of halogens is 4. The molecule has 0 saturated carbocycles. The number of nitrogens with zero attached hydrogens (tertiary/aromatic N) is 2. The normalized spacial score (nSPS) is 15.7. The van der Waals surface area contributed by atoms with Gasteiger partial charge in [0.15, 0.2) is 11.4 Å². The summed E-state index contributed by atoms with van der Waals surface area (Å²) in [5.74, 6) is -1.88. The van der Waals surface area contributed by atoms with Crippen molar-refractivity contribution in [1.29, 1.82) is 0 Å². The maximum atomic E-state index is 13.0. The summed E-state index contributed by atoms with van der Waals surface area (Å²) in [5, 5.41) is 3.22. The molecule has 1 aromatic heterocycles. The number of likely N-dealkylation sites (tertiary alicyclic amines) is 1. The number of piperidine rings is 1. The first-order valence-corrected chi connectivity index (χ1v) is 10.2. The van der Waals surface area contributed by atoms with Crippen LogP contribution < -0.4 is 9.50 Å². The molecule has 162 valence electrons. The average Bonchev–Trinajstić information content (AvgIpc) is 2.69. The zero-order valence-electron chi connectivity index (χ0n) is 15.4. The summed E-state index contributed by atoms with van der Waals surface area (Å²) in [4.78, 5) is 17.8. The van der Waals surface area contributed by atoms with E-state index in [4.69, 9.17) is 0 Å². The van der Waals surface area contributed by atoms with Gasteiger partial charge >= 0.3 is 15.6 Å². The van der Waals surface area contributed by atoms with Gasteiger partial charge in [-0.05, 0) is 49.2 Å². The second-order valence-corrected chi connectivity index (χ2v) is 8.09. The highest BCUT2D eigenvalue weighted by Gasteiger charge is 2.49. The lowest BCUT2D eigenvalue weighted by atomic mass is 10.0. The van der Waals surface area contributed by atoms with E-state index in [-0.39, 0.29) is 24.9 Å². The Bertz CT molecular complexity index is 1000. The smallest absolute Gasteiger partial charge is 0.382 e. The van der Waals surface area contributed by atoms with Crippen LogP contribution in [0.3, 0.4) is 0 Å². The van der Waals surface area contributed by atoms with Gasteiger partial charge in [-0.15, -0.1) is 0 Å². The Morgan fingerprint density at radius 3 is 2.37 bits per heavy atom. The highest BCUT2D eigenvalue weighted by Crippen LogP contribution is 2.29. The molecule has 0 bridgehead atoms. The van der Waals surface area contributed by atoms with Gasteiger partial charge in [0.05, 0.1) is 0 Å². The van der Waals surface area contributed by atoms with E-state index in [9.17, 15) is 30.8 Å². The maximum absolute atomic E-state index is 13.0. The van der Waals surface area contributed by atoms with Gasteiger partial charge in [-0.3, -0.25) is 4.79 Å². The number of hydrogen-bond donors (Lipinski definition) is 1. The molecule has 1 fully saturated rings. The van der Waals surface area contributed by atoms with E-state index in [1.54, 1.807) is 12.1 Å². The molecule has 30 heavy (non-hydrogen) atoms. The Hall–Kier alpha value is -2.89. The van der Waals surface area contributed by atoms with E-state index in [2.05, 4.69) is 14.5 Å². The molecule has 2 heterocycles. The number of pyridine rings is 1. The number of rotatable bonds is 5. The predicted molar refractivity (Wildman–Crippen MR) is 98.8 cm³/mol. The van der Waals surface area contributed by atoms with E-state index < -0.39 is 33.0 Å². The molecular formula is C18H17F4N3O4S. The number of anilines is 1. The van der Waals surface area contributed by atoms with Crippen molar-refractivity contribution in [1.82, 2.24) is 9.88 Å². The zero-order chi connectivity index (χ0) is 21.9. The van der Waals surface area contributed by atoms with Gasteiger partial charge in [0.1, 0.15) is 5.82 Å². The van der Waals surface area contributed by atoms with Gasteiger partial charge in [0.2, 0.25) is 0 Å². The Kier molecular flexibility index (Phi) is 6.15.